The van der Waals surface area contributed by atoms with E-state index >= 15 is 0 Å². The second-order valence-electron chi connectivity index (χ2n) is 4.87. The molecular formula is C14H20BrN3O. The van der Waals surface area contributed by atoms with Crippen molar-refractivity contribution < 1.29 is 4.79 Å². The third kappa shape index (κ3) is 3.76. The van der Waals surface area contributed by atoms with Crippen LogP contribution in [0.3, 0.4) is 0 Å². The zero-order valence-corrected chi connectivity index (χ0v) is 12.9. The van der Waals surface area contributed by atoms with Gasteiger partial charge in [-0.15, -0.1) is 0 Å². The normalized spacial score (nSPS) is 17.3. The van der Waals surface area contributed by atoms with E-state index < -0.39 is 0 Å². The molecule has 104 valence electrons. The summed E-state index contributed by atoms with van der Waals surface area (Å²) < 4.78 is 0. The fourth-order valence-electron chi connectivity index (χ4n) is 2.40. The van der Waals surface area contributed by atoms with Gasteiger partial charge in [0.25, 0.3) is 5.91 Å². The number of pyridine rings is 1. The molecule has 19 heavy (non-hydrogen) atoms. The van der Waals surface area contributed by atoms with E-state index in [1.54, 1.807) is 12.4 Å². The highest BCUT2D eigenvalue weighted by Gasteiger charge is 2.20. The molecule has 0 spiro atoms. The van der Waals surface area contributed by atoms with Crippen molar-refractivity contribution >= 4 is 21.8 Å². The van der Waals surface area contributed by atoms with Crippen molar-refractivity contribution in [1.29, 1.82) is 0 Å². The van der Waals surface area contributed by atoms with Crippen LogP contribution >= 0.6 is 15.9 Å². The molecule has 0 N–H and O–H groups in total. The molecule has 1 aliphatic heterocycles. The number of nitrogens with zero attached hydrogens (tertiary/aromatic N) is 3. The number of rotatable bonds is 3. The van der Waals surface area contributed by atoms with Crippen molar-refractivity contribution in [3.05, 3.63) is 29.6 Å². The zero-order valence-electron chi connectivity index (χ0n) is 11.3. The number of hydrogen-bond acceptors (Lipinski definition) is 3. The molecule has 1 saturated heterocycles. The van der Waals surface area contributed by atoms with Gasteiger partial charge < -0.3 is 9.80 Å². The number of halogens is 1. The standard InChI is InChI=1S/C14H20BrN3O/c1-12-11-16-5-3-13(12)14(19)18-7-2-6-17(8-4-15)9-10-18/h3,5,11H,2,4,6-10H2,1H3. The van der Waals surface area contributed by atoms with Crippen LogP contribution in [-0.4, -0.2) is 58.7 Å². The summed E-state index contributed by atoms with van der Waals surface area (Å²) in [5.41, 5.74) is 1.73. The predicted molar refractivity (Wildman–Crippen MR) is 79.7 cm³/mol. The lowest BCUT2D eigenvalue weighted by Crippen LogP contribution is -2.36. The molecule has 0 atom stereocenters. The van der Waals surface area contributed by atoms with E-state index in [4.69, 9.17) is 0 Å². The molecule has 1 aliphatic rings. The Morgan fingerprint density at radius 1 is 1.37 bits per heavy atom. The number of hydrogen-bond donors (Lipinski definition) is 0. The molecule has 0 unspecified atom stereocenters. The lowest BCUT2D eigenvalue weighted by molar-refractivity contribution is 0.0761. The smallest absolute Gasteiger partial charge is 0.254 e. The minimum atomic E-state index is 0.139. The number of amides is 1. The maximum absolute atomic E-state index is 12.5. The molecule has 0 radical (unpaired) electrons. The summed E-state index contributed by atoms with van der Waals surface area (Å²) in [6, 6.07) is 1.82. The van der Waals surface area contributed by atoms with Crippen molar-refractivity contribution in [1.82, 2.24) is 14.8 Å². The Morgan fingerprint density at radius 3 is 2.95 bits per heavy atom. The van der Waals surface area contributed by atoms with Crippen molar-refractivity contribution in [2.75, 3.05) is 38.1 Å². The summed E-state index contributed by atoms with van der Waals surface area (Å²) >= 11 is 3.47. The first kappa shape index (κ1) is 14.5. The molecule has 1 amide bonds. The second kappa shape index (κ2) is 7.01. The molecule has 1 aromatic heterocycles. The summed E-state index contributed by atoms with van der Waals surface area (Å²) in [5, 5.41) is 0.990. The van der Waals surface area contributed by atoms with Gasteiger partial charge >= 0.3 is 0 Å². The summed E-state index contributed by atoms with van der Waals surface area (Å²) in [6.07, 6.45) is 4.49. The van der Waals surface area contributed by atoms with E-state index in [2.05, 4.69) is 25.8 Å². The average Bonchev–Trinajstić information content (AvgIpc) is 2.65. The monoisotopic (exact) mass is 325 g/mol. The number of aromatic nitrogens is 1. The van der Waals surface area contributed by atoms with Gasteiger partial charge in [-0.25, -0.2) is 0 Å². The molecule has 2 heterocycles. The first-order valence-electron chi connectivity index (χ1n) is 6.70. The van der Waals surface area contributed by atoms with Crippen LogP contribution in [0.5, 0.6) is 0 Å². The molecule has 2 rings (SSSR count). The summed E-state index contributed by atoms with van der Waals surface area (Å²) in [6.45, 7) is 6.69. The molecule has 1 fully saturated rings. The molecule has 5 heteroatoms. The highest BCUT2D eigenvalue weighted by molar-refractivity contribution is 9.09. The molecule has 0 saturated carbocycles. The van der Waals surface area contributed by atoms with Gasteiger partial charge in [-0.2, -0.15) is 0 Å². The first-order chi connectivity index (χ1) is 9.22. The van der Waals surface area contributed by atoms with E-state index in [-0.39, 0.29) is 5.91 Å². The largest absolute Gasteiger partial charge is 0.337 e. The van der Waals surface area contributed by atoms with Gasteiger partial charge in [0, 0.05) is 49.5 Å². The maximum atomic E-state index is 12.5. The van der Waals surface area contributed by atoms with Crippen molar-refractivity contribution in [3.8, 4) is 0 Å². The van der Waals surface area contributed by atoms with Crippen LogP contribution in [0, 0.1) is 6.92 Å². The van der Waals surface area contributed by atoms with Gasteiger partial charge in [0.05, 0.1) is 0 Å². The minimum Gasteiger partial charge on any atom is -0.337 e. The number of aryl methyl sites for hydroxylation is 1. The van der Waals surface area contributed by atoms with Gasteiger partial charge in [0.15, 0.2) is 0 Å². The van der Waals surface area contributed by atoms with E-state index in [1.807, 2.05) is 17.9 Å². The predicted octanol–water partition coefficient (Wildman–Crippen LogP) is 1.93. The summed E-state index contributed by atoms with van der Waals surface area (Å²) in [7, 11) is 0. The molecule has 0 aliphatic carbocycles. The van der Waals surface area contributed by atoms with Gasteiger partial charge in [-0.3, -0.25) is 9.78 Å². The zero-order chi connectivity index (χ0) is 13.7. The SMILES string of the molecule is Cc1cnccc1C(=O)N1CCCN(CCBr)CC1. The lowest BCUT2D eigenvalue weighted by Gasteiger charge is -2.22. The lowest BCUT2D eigenvalue weighted by atomic mass is 10.1. The Kier molecular flexibility index (Phi) is 5.34. The Labute approximate surface area is 122 Å². The average molecular weight is 326 g/mol. The fraction of sp³-hybridized carbons (Fsp3) is 0.571. The maximum Gasteiger partial charge on any atom is 0.254 e. The van der Waals surface area contributed by atoms with Crippen LogP contribution in [0.1, 0.15) is 22.3 Å². The number of carbonyl (C=O) groups excluding carboxylic acids is 1. The van der Waals surface area contributed by atoms with E-state index in [1.165, 1.54) is 0 Å². The number of alkyl halides is 1. The highest BCUT2D eigenvalue weighted by Crippen LogP contribution is 2.12. The summed E-state index contributed by atoms with van der Waals surface area (Å²) in [4.78, 5) is 20.9. The molecular weight excluding hydrogens is 306 g/mol. The van der Waals surface area contributed by atoms with Crippen molar-refractivity contribution in [2.45, 2.75) is 13.3 Å². The van der Waals surface area contributed by atoms with E-state index in [0.29, 0.717) is 0 Å². The van der Waals surface area contributed by atoms with Crippen LogP contribution < -0.4 is 0 Å². The van der Waals surface area contributed by atoms with Crippen LogP contribution in [0.4, 0.5) is 0 Å². The minimum absolute atomic E-state index is 0.139. The molecule has 0 aromatic carbocycles. The van der Waals surface area contributed by atoms with Gasteiger partial charge in [-0.1, -0.05) is 15.9 Å². The molecule has 0 bridgehead atoms. The van der Waals surface area contributed by atoms with Crippen LogP contribution in [0.25, 0.3) is 0 Å². The third-order valence-corrected chi connectivity index (χ3v) is 3.88. The number of carbonyl (C=O) groups is 1. The third-order valence-electron chi connectivity index (χ3n) is 3.53. The fourth-order valence-corrected chi connectivity index (χ4v) is 2.90. The summed E-state index contributed by atoms with van der Waals surface area (Å²) in [5.74, 6) is 0.139. The molecule has 4 nitrogen and oxygen atoms in total. The molecule has 1 aromatic rings. The van der Waals surface area contributed by atoms with Crippen LogP contribution in [0.2, 0.25) is 0 Å². The quantitative estimate of drug-likeness (QED) is 0.797. The van der Waals surface area contributed by atoms with Gasteiger partial charge in [0.1, 0.15) is 0 Å². The Balaban J connectivity index is 2.02. The Morgan fingerprint density at radius 2 is 2.21 bits per heavy atom. The van der Waals surface area contributed by atoms with Crippen LogP contribution in [0.15, 0.2) is 18.5 Å². The highest BCUT2D eigenvalue weighted by atomic mass is 79.9. The van der Waals surface area contributed by atoms with Crippen molar-refractivity contribution in [3.63, 3.8) is 0 Å². The Hall–Kier alpha value is -0.940. The Bertz CT molecular complexity index is 438. The first-order valence-corrected chi connectivity index (χ1v) is 7.82. The van der Waals surface area contributed by atoms with Crippen LogP contribution in [-0.2, 0) is 0 Å². The van der Waals surface area contributed by atoms with E-state index in [0.717, 1.165) is 55.6 Å². The van der Waals surface area contributed by atoms with E-state index in [9.17, 15) is 4.79 Å². The van der Waals surface area contributed by atoms with Crippen molar-refractivity contribution in [2.24, 2.45) is 0 Å². The topological polar surface area (TPSA) is 36.4 Å². The second-order valence-corrected chi connectivity index (χ2v) is 5.66. The van der Waals surface area contributed by atoms with Gasteiger partial charge in [0.2, 0.25) is 0 Å². The van der Waals surface area contributed by atoms with Gasteiger partial charge in [-0.05, 0) is 31.5 Å².